The Morgan fingerprint density at radius 1 is 1.15 bits per heavy atom. The number of hydrogen-bond donors (Lipinski definition) is 2. The van der Waals surface area contributed by atoms with Gasteiger partial charge in [-0.3, -0.25) is 29.3 Å². The average Bonchev–Trinajstić information content (AvgIpc) is 2.80. The highest BCUT2D eigenvalue weighted by atomic mass is 16.6. The maximum atomic E-state index is 12.6. The summed E-state index contributed by atoms with van der Waals surface area (Å²) in [5.74, 6) is -1.89. The molecule has 11 nitrogen and oxygen atoms in total. The van der Waals surface area contributed by atoms with E-state index >= 15 is 0 Å². The molecule has 0 radical (unpaired) electrons. The van der Waals surface area contributed by atoms with Crippen LogP contribution in [0.1, 0.15) is 28.8 Å². The van der Waals surface area contributed by atoms with Crippen LogP contribution in [-0.2, 0) is 16.6 Å². The molecule has 2 aromatic rings. The summed E-state index contributed by atoms with van der Waals surface area (Å²) in [6, 6.07) is 7.11. The first-order valence-corrected chi connectivity index (χ1v) is 10.5. The van der Waals surface area contributed by atoms with Gasteiger partial charge in [0.25, 0.3) is 17.2 Å². The minimum absolute atomic E-state index is 0.0884. The van der Waals surface area contributed by atoms with Crippen molar-refractivity contribution in [3.05, 3.63) is 68.1 Å². The van der Waals surface area contributed by atoms with Crippen molar-refractivity contribution >= 4 is 29.1 Å². The lowest BCUT2D eigenvalue weighted by atomic mass is 9.96. The van der Waals surface area contributed by atoms with Crippen molar-refractivity contribution < 1.29 is 19.3 Å². The van der Waals surface area contributed by atoms with E-state index in [1.807, 2.05) is 0 Å². The van der Waals surface area contributed by atoms with E-state index < -0.39 is 16.7 Å². The first-order chi connectivity index (χ1) is 15.7. The van der Waals surface area contributed by atoms with E-state index in [0.29, 0.717) is 37.2 Å². The zero-order valence-corrected chi connectivity index (χ0v) is 18.4. The van der Waals surface area contributed by atoms with Gasteiger partial charge in [-0.25, -0.2) is 0 Å². The van der Waals surface area contributed by atoms with E-state index in [1.165, 1.54) is 28.8 Å². The molecule has 3 rings (SSSR count). The number of likely N-dealkylation sites (tertiary alicyclic amines) is 1. The SMILES string of the molecule is Cc1cc([N+](=O)[O-])ccc1NC(=O)C(=O)NCC1CCN(C(=O)c2cccn(C)c2=O)CC1. The number of hydrogen-bond acceptors (Lipinski definition) is 6. The molecule has 2 heterocycles. The van der Waals surface area contributed by atoms with Gasteiger partial charge in [0, 0.05) is 50.7 Å². The molecule has 3 amide bonds. The van der Waals surface area contributed by atoms with Crippen molar-refractivity contribution in [1.82, 2.24) is 14.8 Å². The molecule has 0 bridgehead atoms. The first kappa shape index (κ1) is 23.6. The predicted octanol–water partition coefficient (Wildman–Crippen LogP) is 1.21. The molecule has 0 unspecified atom stereocenters. The predicted molar refractivity (Wildman–Crippen MR) is 120 cm³/mol. The van der Waals surface area contributed by atoms with Gasteiger partial charge in [0.15, 0.2) is 0 Å². The fourth-order valence-corrected chi connectivity index (χ4v) is 3.67. The molecule has 1 saturated heterocycles. The maximum absolute atomic E-state index is 12.6. The Bertz CT molecular complexity index is 1150. The Morgan fingerprint density at radius 2 is 1.85 bits per heavy atom. The molecule has 0 atom stereocenters. The number of piperidine rings is 1. The van der Waals surface area contributed by atoms with Crippen molar-refractivity contribution in [1.29, 1.82) is 0 Å². The number of nitro benzene ring substituents is 1. The Labute approximate surface area is 189 Å². The lowest BCUT2D eigenvalue weighted by molar-refractivity contribution is -0.384. The topological polar surface area (TPSA) is 144 Å². The summed E-state index contributed by atoms with van der Waals surface area (Å²) in [5, 5.41) is 15.9. The third-order valence-electron chi connectivity index (χ3n) is 5.68. The second-order valence-corrected chi connectivity index (χ2v) is 7.99. The number of benzene rings is 1. The van der Waals surface area contributed by atoms with E-state index in [0.717, 1.165) is 0 Å². The van der Waals surface area contributed by atoms with Gasteiger partial charge in [-0.2, -0.15) is 0 Å². The molecule has 1 aromatic heterocycles. The third-order valence-corrected chi connectivity index (χ3v) is 5.68. The summed E-state index contributed by atoms with van der Waals surface area (Å²) >= 11 is 0. The smallest absolute Gasteiger partial charge is 0.313 e. The minimum atomic E-state index is -0.862. The normalized spacial score (nSPS) is 13.9. The molecule has 0 aliphatic carbocycles. The number of non-ortho nitro benzene ring substituents is 1. The minimum Gasteiger partial charge on any atom is -0.348 e. The highest BCUT2D eigenvalue weighted by Crippen LogP contribution is 2.21. The zero-order chi connectivity index (χ0) is 24.1. The summed E-state index contributed by atoms with van der Waals surface area (Å²) in [6.45, 7) is 2.78. The van der Waals surface area contributed by atoms with Crippen LogP contribution in [0.2, 0.25) is 0 Å². The number of nitro groups is 1. The summed E-state index contributed by atoms with van der Waals surface area (Å²) in [7, 11) is 1.59. The Morgan fingerprint density at radius 3 is 2.48 bits per heavy atom. The lowest BCUT2D eigenvalue weighted by Gasteiger charge is -2.32. The molecule has 1 fully saturated rings. The van der Waals surface area contributed by atoms with E-state index in [4.69, 9.17) is 0 Å². The fourth-order valence-electron chi connectivity index (χ4n) is 3.67. The summed E-state index contributed by atoms with van der Waals surface area (Å²) in [4.78, 5) is 61.0. The molecule has 1 aliphatic heterocycles. The van der Waals surface area contributed by atoms with Gasteiger partial charge in [0.1, 0.15) is 5.56 Å². The van der Waals surface area contributed by atoms with Crippen LogP contribution in [-0.4, -0.2) is 51.7 Å². The largest absolute Gasteiger partial charge is 0.348 e. The highest BCUT2D eigenvalue weighted by Gasteiger charge is 2.26. The van der Waals surface area contributed by atoms with Crippen molar-refractivity contribution in [2.45, 2.75) is 19.8 Å². The van der Waals surface area contributed by atoms with Gasteiger partial charge in [0.2, 0.25) is 0 Å². The molecule has 2 N–H and O–H groups in total. The number of rotatable bonds is 5. The number of amides is 3. The molecule has 174 valence electrons. The van der Waals surface area contributed by atoms with Crippen LogP contribution in [0.3, 0.4) is 0 Å². The molecule has 0 saturated carbocycles. The number of carbonyl (C=O) groups is 3. The number of pyridine rings is 1. The van der Waals surface area contributed by atoms with Gasteiger partial charge in [0.05, 0.1) is 4.92 Å². The Balaban J connectivity index is 1.47. The van der Waals surface area contributed by atoms with E-state index in [-0.39, 0.29) is 35.2 Å². The van der Waals surface area contributed by atoms with Gasteiger partial charge < -0.3 is 20.1 Å². The van der Waals surface area contributed by atoms with Gasteiger partial charge in [-0.05, 0) is 49.4 Å². The molecule has 1 aliphatic rings. The maximum Gasteiger partial charge on any atom is 0.313 e. The number of nitrogens with one attached hydrogen (secondary N) is 2. The van der Waals surface area contributed by atoms with Crippen LogP contribution >= 0.6 is 0 Å². The van der Waals surface area contributed by atoms with Gasteiger partial charge >= 0.3 is 11.8 Å². The molecule has 11 heteroatoms. The number of aromatic nitrogens is 1. The van der Waals surface area contributed by atoms with Gasteiger partial charge in [-0.15, -0.1) is 0 Å². The Hall–Kier alpha value is -4.02. The number of carbonyl (C=O) groups excluding carboxylic acids is 3. The van der Waals surface area contributed by atoms with E-state index in [9.17, 15) is 29.3 Å². The summed E-state index contributed by atoms with van der Waals surface area (Å²) < 4.78 is 1.36. The zero-order valence-electron chi connectivity index (χ0n) is 18.4. The number of aryl methyl sites for hydroxylation is 2. The van der Waals surface area contributed by atoms with E-state index in [1.54, 1.807) is 31.1 Å². The van der Waals surface area contributed by atoms with Gasteiger partial charge in [-0.1, -0.05) is 0 Å². The van der Waals surface area contributed by atoms with Crippen molar-refractivity contribution in [2.24, 2.45) is 13.0 Å². The summed E-state index contributed by atoms with van der Waals surface area (Å²) in [5.41, 5.74) is 0.471. The molecular formula is C22H25N5O6. The van der Waals surface area contributed by atoms with Crippen LogP contribution in [0.5, 0.6) is 0 Å². The second kappa shape index (κ2) is 10.1. The molecule has 1 aromatic carbocycles. The number of anilines is 1. The van der Waals surface area contributed by atoms with Crippen molar-refractivity contribution in [3.63, 3.8) is 0 Å². The van der Waals surface area contributed by atoms with E-state index in [2.05, 4.69) is 10.6 Å². The van der Waals surface area contributed by atoms with Crippen LogP contribution in [0, 0.1) is 23.0 Å². The average molecular weight is 455 g/mol. The van der Waals surface area contributed by atoms with Crippen LogP contribution in [0.15, 0.2) is 41.3 Å². The quantitative estimate of drug-likeness (QED) is 0.394. The summed E-state index contributed by atoms with van der Waals surface area (Å²) in [6.07, 6.45) is 2.84. The van der Waals surface area contributed by atoms with Crippen molar-refractivity contribution in [2.75, 3.05) is 25.0 Å². The van der Waals surface area contributed by atoms with Crippen molar-refractivity contribution in [3.8, 4) is 0 Å². The van der Waals surface area contributed by atoms with Crippen LogP contribution in [0.4, 0.5) is 11.4 Å². The first-order valence-electron chi connectivity index (χ1n) is 10.5. The Kier molecular flexibility index (Phi) is 7.21. The lowest BCUT2D eigenvalue weighted by Crippen LogP contribution is -2.44. The van der Waals surface area contributed by atoms with Crippen LogP contribution in [0.25, 0.3) is 0 Å². The van der Waals surface area contributed by atoms with Crippen LogP contribution < -0.4 is 16.2 Å². The second-order valence-electron chi connectivity index (χ2n) is 7.99. The monoisotopic (exact) mass is 455 g/mol. The molecular weight excluding hydrogens is 430 g/mol. The fraction of sp³-hybridized carbons (Fsp3) is 0.364. The number of nitrogens with zero attached hydrogens (tertiary/aromatic N) is 3. The highest BCUT2D eigenvalue weighted by molar-refractivity contribution is 6.39. The molecule has 0 spiro atoms. The molecule has 33 heavy (non-hydrogen) atoms. The standard InChI is InChI=1S/C22H25N5O6/c1-14-12-16(27(32)33)5-6-18(14)24-20(29)19(28)23-13-15-7-10-26(11-8-15)22(31)17-4-3-9-25(2)21(17)30/h3-6,9,12,15H,7-8,10-11,13H2,1-2H3,(H,23,28)(H,24,29). The third kappa shape index (κ3) is 5.62.